The molecule has 4 rings (SSSR count). The van der Waals surface area contributed by atoms with Gasteiger partial charge in [0, 0.05) is 23.4 Å². The van der Waals surface area contributed by atoms with Gasteiger partial charge >= 0.3 is 0 Å². The number of fused-ring (bicyclic) bond motifs is 1. The van der Waals surface area contributed by atoms with Crippen LogP contribution in [-0.2, 0) is 11.2 Å². The number of nitrogens with one attached hydrogen (secondary N) is 1. The second kappa shape index (κ2) is 7.42. The van der Waals surface area contributed by atoms with Gasteiger partial charge in [-0.05, 0) is 42.5 Å². The number of hydrogen-bond donors (Lipinski definition) is 1. The van der Waals surface area contributed by atoms with E-state index in [2.05, 4.69) is 20.4 Å². The molecular weight excluding hydrogens is 391 g/mol. The molecule has 136 valence electrons. The van der Waals surface area contributed by atoms with Crippen molar-refractivity contribution in [3.05, 3.63) is 59.2 Å². The van der Waals surface area contributed by atoms with E-state index in [-0.39, 0.29) is 24.6 Å². The zero-order valence-corrected chi connectivity index (χ0v) is 15.4. The highest BCUT2D eigenvalue weighted by atomic mass is 35.5. The minimum atomic E-state index is -0.337. The molecule has 0 aliphatic carbocycles. The standard InChI is InChI=1S/C18H12ClFN4O2S/c19-11-3-6-13-14(9-11)27-18(21-13)22-15(25)7-8-16-23-17(24-26-16)10-1-4-12(20)5-2-10/h1-6,9H,7-8H2,(H,21,22,25). The molecule has 1 N–H and O–H groups in total. The van der Waals surface area contributed by atoms with Crippen LogP contribution in [0, 0.1) is 5.82 Å². The average molecular weight is 403 g/mol. The van der Waals surface area contributed by atoms with Gasteiger partial charge in [0.25, 0.3) is 0 Å². The van der Waals surface area contributed by atoms with Crippen molar-refractivity contribution in [3.8, 4) is 11.4 Å². The summed E-state index contributed by atoms with van der Waals surface area (Å²) in [5, 5.41) is 7.74. The fourth-order valence-electron chi connectivity index (χ4n) is 2.43. The molecule has 6 nitrogen and oxygen atoms in total. The Kier molecular flexibility index (Phi) is 4.83. The van der Waals surface area contributed by atoms with Crippen LogP contribution in [0.4, 0.5) is 9.52 Å². The number of thiazole rings is 1. The van der Waals surface area contributed by atoms with Gasteiger partial charge in [-0.2, -0.15) is 4.98 Å². The van der Waals surface area contributed by atoms with Crippen LogP contribution >= 0.6 is 22.9 Å². The van der Waals surface area contributed by atoms with E-state index in [1.807, 2.05) is 0 Å². The third-order valence-corrected chi connectivity index (χ3v) is 4.90. The molecule has 0 radical (unpaired) electrons. The maximum atomic E-state index is 13.0. The van der Waals surface area contributed by atoms with E-state index in [0.717, 1.165) is 10.2 Å². The lowest BCUT2D eigenvalue weighted by Crippen LogP contribution is -2.12. The summed E-state index contributed by atoms with van der Waals surface area (Å²) >= 11 is 7.31. The highest BCUT2D eigenvalue weighted by molar-refractivity contribution is 7.22. The maximum absolute atomic E-state index is 13.0. The zero-order valence-electron chi connectivity index (χ0n) is 13.8. The molecule has 0 bridgehead atoms. The Balaban J connectivity index is 1.36. The van der Waals surface area contributed by atoms with Crippen molar-refractivity contribution in [1.82, 2.24) is 15.1 Å². The van der Waals surface area contributed by atoms with Crippen LogP contribution in [0.2, 0.25) is 5.02 Å². The van der Waals surface area contributed by atoms with Crippen molar-refractivity contribution in [2.75, 3.05) is 5.32 Å². The topological polar surface area (TPSA) is 80.9 Å². The predicted octanol–water partition coefficient (Wildman–Crippen LogP) is 4.71. The number of rotatable bonds is 5. The molecule has 27 heavy (non-hydrogen) atoms. The maximum Gasteiger partial charge on any atom is 0.227 e. The van der Waals surface area contributed by atoms with Crippen molar-refractivity contribution < 1.29 is 13.7 Å². The van der Waals surface area contributed by atoms with Gasteiger partial charge in [0.2, 0.25) is 17.6 Å². The monoisotopic (exact) mass is 402 g/mol. The first-order valence-electron chi connectivity index (χ1n) is 8.01. The Morgan fingerprint density at radius 1 is 1.19 bits per heavy atom. The number of aromatic nitrogens is 3. The minimum absolute atomic E-state index is 0.168. The number of carbonyl (C=O) groups is 1. The molecule has 0 saturated carbocycles. The third kappa shape index (κ3) is 4.12. The number of anilines is 1. The largest absolute Gasteiger partial charge is 0.339 e. The fraction of sp³-hybridized carbons (Fsp3) is 0.111. The highest BCUT2D eigenvalue weighted by Crippen LogP contribution is 2.28. The Labute approximate surface area is 162 Å². The zero-order chi connectivity index (χ0) is 18.8. The molecule has 0 aliphatic rings. The molecule has 1 amide bonds. The van der Waals surface area contributed by atoms with Gasteiger partial charge in [0.1, 0.15) is 5.82 Å². The minimum Gasteiger partial charge on any atom is -0.339 e. The van der Waals surface area contributed by atoms with Crippen molar-refractivity contribution in [1.29, 1.82) is 0 Å². The van der Waals surface area contributed by atoms with Gasteiger partial charge in [-0.3, -0.25) is 4.79 Å². The predicted molar refractivity (Wildman–Crippen MR) is 101 cm³/mol. The van der Waals surface area contributed by atoms with Crippen LogP contribution in [0.3, 0.4) is 0 Å². The van der Waals surface area contributed by atoms with E-state index in [1.165, 1.54) is 23.5 Å². The van der Waals surface area contributed by atoms with Gasteiger partial charge in [-0.25, -0.2) is 9.37 Å². The van der Waals surface area contributed by atoms with Crippen LogP contribution in [0.15, 0.2) is 47.0 Å². The summed E-state index contributed by atoms with van der Waals surface area (Å²) in [4.78, 5) is 20.7. The van der Waals surface area contributed by atoms with Crippen LogP contribution in [-0.4, -0.2) is 21.0 Å². The summed E-state index contributed by atoms with van der Waals surface area (Å²) in [5.74, 6) is 0.145. The number of hydrogen-bond acceptors (Lipinski definition) is 6. The quantitative estimate of drug-likeness (QED) is 0.522. The lowest BCUT2D eigenvalue weighted by molar-refractivity contribution is -0.116. The lowest BCUT2D eigenvalue weighted by atomic mass is 10.2. The van der Waals surface area contributed by atoms with E-state index in [4.69, 9.17) is 16.1 Å². The molecule has 4 aromatic rings. The first kappa shape index (κ1) is 17.6. The van der Waals surface area contributed by atoms with Crippen LogP contribution in [0.1, 0.15) is 12.3 Å². The Hall–Kier alpha value is -2.84. The molecule has 2 aromatic carbocycles. The molecule has 2 aromatic heterocycles. The van der Waals surface area contributed by atoms with E-state index < -0.39 is 0 Å². The van der Waals surface area contributed by atoms with E-state index >= 15 is 0 Å². The molecule has 9 heteroatoms. The molecular formula is C18H12ClFN4O2S. The van der Waals surface area contributed by atoms with Crippen LogP contribution in [0.25, 0.3) is 21.6 Å². The summed E-state index contributed by atoms with van der Waals surface area (Å²) in [5.41, 5.74) is 1.42. The van der Waals surface area contributed by atoms with Gasteiger partial charge < -0.3 is 9.84 Å². The van der Waals surface area contributed by atoms with Crippen LogP contribution in [0.5, 0.6) is 0 Å². The van der Waals surface area contributed by atoms with Gasteiger partial charge in [-0.1, -0.05) is 28.1 Å². The number of carbonyl (C=O) groups excluding carboxylic acids is 1. The average Bonchev–Trinajstić information content (AvgIpc) is 3.26. The van der Waals surface area contributed by atoms with E-state index in [9.17, 15) is 9.18 Å². The molecule has 0 fully saturated rings. The highest BCUT2D eigenvalue weighted by Gasteiger charge is 2.12. The molecule has 0 saturated heterocycles. The Morgan fingerprint density at radius 3 is 2.81 bits per heavy atom. The van der Waals surface area contributed by atoms with Crippen molar-refractivity contribution >= 4 is 44.2 Å². The Bertz CT molecular complexity index is 1110. The van der Waals surface area contributed by atoms with Gasteiger partial charge in [0.15, 0.2) is 5.13 Å². The van der Waals surface area contributed by atoms with Gasteiger partial charge in [-0.15, -0.1) is 0 Å². The Morgan fingerprint density at radius 2 is 2.00 bits per heavy atom. The third-order valence-electron chi connectivity index (χ3n) is 3.73. The molecule has 2 heterocycles. The lowest BCUT2D eigenvalue weighted by Gasteiger charge is -1.98. The number of halogens is 2. The number of aryl methyl sites for hydroxylation is 1. The summed E-state index contributed by atoms with van der Waals surface area (Å²) in [6.07, 6.45) is 0.457. The summed E-state index contributed by atoms with van der Waals surface area (Å²) < 4.78 is 19.0. The van der Waals surface area contributed by atoms with Gasteiger partial charge in [0.05, 0.1) is 10.2 Å². The summed E-state index contributed by atoms with van der Waals surface area (Å²) in [6, 6.07) is 11.1. The molecule has 0 unspecified atom stereocenters. The van der Waals surface area contributed by atoms with Crippen molar-refractivity contribution in [3.63, 3.8) is 0 Å². The SMILES string of the molecule is O=C(CCc1nc(-c2ccc(F)cc2)no1)Nc1nc2ccc(Cl)cc2s1. The number of amides is 1. The first-order chi connectivity index (χ1) is 13.1. The van der Waals surface area contributed by atoms with Crippen molar-refractivity contribution in [2.24, 2.45) is 0 Å². The second-order valence-corrected chi connectivity index (χ2v) is 7.16. The normalized spacial score (nSPS) is 11.0. The van der Waals surface area contributed by atoms with E-state index in [0.29, 0.717) is 27.4 Å². The smallest absolute Gasteiger partial charge is 0.227 e. The molecule has 0 atom stereocenters. The number of nitrogens with zero attached hydrogens (tertiary/aromatic N) is 3. The molecule has 0 aliphatic heterocycles. The number of benzene rings is 2. The first-order valence-corrected chi connectivity index (χ1v) is 9.21. The molecule has 0 spiro atoms. The summed E-state index contributed by atoms with van der Waals surface area (Å²) in [6.45, 7) is 0. The fourth-order valence-corrected chi connectivity index (χ4v) is 3.58. The second-order valence-electron chi connectivity index (χ2n) is 5.70. The van der Waals surface area contributed by atoms with Crippen molar-refractivity contribution in [2.45, 2.75) is 12.8 Å². The van der Waals surface area contributed by atoms with E-state index in [1.54, 1.807) is 30.3 Å². The summed E-state index contributed by atoms with van der Waals surface area (Å²) in [7, 11) is 0. The van der Waals surface area contributed by atoms with Crippen LogP contribution < -0.4 is 5.32 Å².